The Labute approximate surface area is 104 Å². The number of carbonyl (C=O) groups excluding carboxylic acids is 1. The third kappa shape index (κ3) is 4.22. The lowest BCUT2D eigenvalue weighted by Gasteiger charge is -2.15. The van der Waals surface area contributed by atoms with Crippen LogP contribution in [0.2, 0.25) is 4.34 Å². The lowest BCUT2D eigenvalue weighted by Crippen LogP contribution is -2.21. The van der Waals surface area contributed by atoms with E-state index in [2.05, 4.69) is 0 Å². The van der Waals surface area contributed by atoms with Gasteiger partial charge < -0.3 is 9.47 Å². The Morgan fingerprint density at radius 3 is 2.44 bits per heavy atom. The fourth-order valence-electron chi connectivity index (χ4n) is 1.25. The second-order valence-corrected chi connectivity index (χ2v) is 4.79. The van der Waals surface area contributed by atoms with Crippen molar-refractivity contribution in [2.24, 2.45) is 0 Å². The molecule has 16 heavy (non-hydrogen) atoms. The van der Waals surface area contributed by atoms with Crippen LogP contribution in [-0.2, 0) is 9.47 Å². The fourth-order valence-corrected chi connectivity index (χ4v) is 2.25. The van der Waals surface area contributed by atoms with Gasteiger partial charge in [0, 0.05) is 13.2 Å². The van der Waals surface area contributed by atoms with E-state index in [0.29, 0.717) is 22.4 Å². The maximum absolute atomic E-state index is 11.8. The van der Waals surface area contributed by atoms with Crippen molar-refractivity contribution in [2.45, 2.75) is 26.6 Å². The highest BCUT2D eigenvalue weighted by Crippen LogP contribution is 2.23. The number of halogens is 1. The van der Waals surface area contributed by atoms with E-state index in [1.54, 1.807) is 12.1 Å². The summed E-state index contributed by atoms with van der Waals surface area (Å²) in [6, 6.07) is 3.44. The van der Waals surface area contributed by atoms with Gasteiger partial charge in [-0.3, -0.25) is 4.79 Å². The van der Waals surface area contributed by atoms with Gasteiger partial charge in [-0.25, -0.2) is 0 Å². The summed E-state index contributed by atoms with van der Waals surface area (Å²) in [6.45, 7) is 4.81. The average Bonchev–Trinajstić information content (AvgIpc) is 2.65. The van der Waals surface area contributed by atoms with Gasteiger partial charge in [-0.2, -0.15) is 0 Å². The minimum Gasteiger partial charge on any atom is -0.352 e. The summed E-state index contributed by atoms with van der Waals surface area (Å²) in [5, 5.41) is 0. The summed E-state index contributed by atoms with van der Waals surface area (Å²) in [6.07, 6.45) is -0.221. The molecule has 0 fully saturated rings. The molecular formula is C11H15ClO3S. The molecule has 0 spiro atoms. The molecule has 0 saturated heterocycles. The third-order valence-electron chi connectivity index (χ3n) is 1.91. The number of thiophene rings is 1. The first-order valence-electron chi connectivity index (χ1n) is 5.19. The van der Waals surface area contributed by atoms with Crippen molar-refractivity contribution < 1.29 is 14.3 Å². The summed E-state index contributed by atoms with van der Waals surface area (Å²) in [4.78, 5) is 12.5. The number of ketones is 1. The number of hydrogen-bond donors (Lipinski definition) is 0. The Hall–Kier alpha value is -0.420. The lowest BCUT2D eigenvalue weighted by atomic mass is 10.2. The Bertz CT molecular complexity index is 332. The van der Waals surface area contributed by atoms with Crippen LogP contribution < -0.4 is 0 Å². The molecular weight excluding hydrogens is 248 g/mol. The van der Waals surface area contributed by atoms with Crippen molar-refractivity contribution in [1.82, 2.24) is 0 Å². The van der Waals surface area contributed by atoms with Crippen molar-refractivity contribution in [2.75, 3.05) is 13.2 Å². The molecule has 0 bridgehead atoms. The van der Waals surface area contributed by atoms with Gasteiger partial charge in [-0.05, 0) is 26.0 Å². The molecule has 0 unspecified atom stereocenters. The maximum atomic E-state index is 11.8. The largest absolute Gasteiger partial charge is 0.352 e. The van der Waals surface area contributed by atoms with Crippen molar-refractivity contribution in [3.05, 3.63) is 21.3 Å². The zero-order valence-corrected chi connectivity index (χ0v) is 10.9. The zero-order chi connectivity index (χ0) is 12.0. The van der Waals surface area contributed by atoms with Gasteiger partial charge in [0.05, 0.1) is 15.6 Å². The molecule has 0 aliphatic heterocycles. The molecule has 90 valence electrons. The molecule has 0 aromatic carbocycles. The van der Waals surface area contributed by atoms with Gasteiger partial charge in [0.2, 0.25) is 0 Å². The molecule has 1 rings (SSSR count). The van der Waals surface area contributed by atoms with Gasteiger partial charge in [0.1, 0.15) is 0 Å². The van der Waals surface area contributed by atoms with Crippen LogP contribution in [-0.4, -0.2) is 25.3 Å². The normalized spacial score (nSPS) is 11.0. The molecule has 0 atom stereocenters. The molecule has 0 amide bonds. The Kier molecular flexibility index (Phi) is 5.98. The smallest absolute Gasteiger partial charge is 0.177 e. The summed E-state index contributed by atoms with van der Waals surface area (Å²) in [5.41, 5.74) is 0. The van der Waals surface area contributed by atoms with E-state index in [4.69, 9.17) is 21.1 Å². The highest BCUT2D eigenvalue weighted by molar-refractivity contribution is 7.18. The molecule has 0 N–H and O–H groups in total. The predicted molar refractivity (Wildman–Crippen MR) is 65.3 cm³/mol. The number of carbonyl (C=O) groups is 1. The number of Topliss-reactive ketones (excluding diaryl/α,β-unsaturated/α-hetero) is 1. The van der Waals surface area contributed by atoms with Crippen molar-refractivity contribution in [3.8, 4) is 0 Å². The highest BCUT2D eigenvalue weighted by Gasteiger charge is 2.16. The molecule has 0 saturated carbocycles. The Morgan fingerprint density at radius 2 is 2.00 bits per heavy atom. The predicted octanol–water partition coefficient (Wildman–Crippen LogP) is 3.37. The molecule has 0 aliphatic carbocycles. The number of ether oxygens (including phenoxy) is 2. The van der Waals surface area contributed by atoms with Crippen molar-refractivity contribution in [1.29, 1.82) is 0 Å². The van der Waals surface area contributed by atoms with Crippen molar-refractivity contribution in [3.63, 3.8) is 0 Å². The maximum Gasteiger partial charge on any atom is 0.177 e. The minimum atomic E-state index is -0.455. The first kappa shape index (κ1) is 13.6. The fraction of sp³-hybridized carbons (Fsp3) is 0.545. The van der Waals surface area contributed by atoms with E-state index in [-0.39, 0.29) is 12.2 Å². The van der Waals surface area contributed by atoms with E-state index in [1.165, 1.54) is 11.3 Å². The van der Waals surface area contributed by atoms with E-state index in [0.717, 1.165) is 0 Å². The van der Waals surface area contributed by atoms with Crippen LogP contribution in [0.25, 0.3) is 0 Å². The van der Waals surface area contributed by atoms with Crippen LogP contribution in [0.3, 0.4) is 0 Å². The first-order valence-corrected chi connectivity index (χ1v) is 6.38. The van der Waals surface area contributed by atoms with Crippen LogP contribution in [0.15, 0.2) is 12.1 Å². The first-order chi connectivity index (χ1) is 7.67. The molecule has 5 heteroatoms. The number of rotatable bonds is 7. The molecule has 0 radical (unpaired) electrons. The summed E-state index contributed by atoms with van der Waals surface area (Å²) < 4.78 is 11.2. The average molecular weight is 263 g/mol. The number of hydrogen-bond acceptors (Lipinski definition) is 4. The Balaban J connectivity index is 2.54. The molecule has 1 aromatic heterocycles. The lowest BCUT2D eigenvalue weighted by molar-refractivity contribution is -0.133. The topological polar surface area (TPSA) is 35.5 Å². The van der Waals surface area contributed by atoms with Crippen LogP contribution in [0, 0.1) is 0 Å². The summed E-state index contributed by atoms with van der Waals surface area (Å²) in [5.74, 6) is 0.00352. The van der Waals surface area contributed by atoms with Crippen LogP contribution in [0.1, 0.15) is 29.9 Å². The second kappa shape index (κ2) is 7.01. The second-order valence-electron chi connectivity index (χ2n) is 3.07. The standard InChI is InChI=1S/C11H15ClO3S/c1-3-14-11(15-4-2)7-8(13)9-5-6-10(12)16-9/h5-6,11H,3-4,7H2,1-2H3. The monoisotopic (exact) mass is 262 g/mol. The van der Waals surface area contributed by atoms with Gasteiger partial charge in [-0.15, -0.1) is 11.3 Å². The Morgan fingerprint density at radius 1 is 1.38 bits per heavy atom. The minimum absolute atomic E-state index is 0.00352. The van der Waals surface area contributed by atoms with Crippen LogP contribution in [0.4, 0.5) is 0 Å². The van der Waals surface area contributed by atoms with Crippen molar-refractivity contribution >= 4 is 28.7 Å². The van der Waals surface area contributed by atoms with Gasteiger partial charge >= 0.3 is 0 Å². The van der Waals surface area contributed by atoms with E-state index in [9.17, 15) is 4.79 Å². The third-order valence-corrected chi connectivity index (χ3v) is 3.18. The van der Waals surface area contributed by atoms with E-state index in [1.807, 2.05) is 13.8 Å². The zero-order valence-electron chi connectivity index (χ0n) is 9.36. The quantitative estimate of drug-likeness (QED) is 0.558. The molecule has 1 aromatic rings. The van der Waals surface area contributed by atoms with E-state index < -0.39 is 6.29 Å². The highest BCUT2D eigenvalue weighted by atomic mass is 35.5. The summed E-state index contributed by atoms with van der Waals surface area (Å²) in [7, 11) is 0. The van der Waals surface area contributed by atoms with Crippen LogP contribution >= 0.6 is 22.9 Å². The molecule has 0 aliphatic rings. The molecule has 1 heterocycles. The molecule has 3 nitrogen and oxygen atoms in total. The van der Waals surface area contributed by atoms with E-state index >= 15 is 0 Å². The van der Waals surface area contributed by atoms with Gasteiger partial charge in [-0.1, -0.05) is 11.6 Å². The van der Waals surface area contributed by atoms with Gasteiger partial charge in [0.25, 0.3) is 0 Å². The van der Waals surface area contributed by atoms with Crippen LogP contribution in [0.5, 0.6) is 0 Å². The SMILES string of the molecule is CCOC(CC(=O)c1ccc(Cl)s1)OCC. The van der Waals surface area contributed by atoms with Gasteiger partial charge in [0.15, 0.2) is 12.1 Å². The summed E-state index contributed by atoms with van der Waals surface area (Å²) >= 11 is 7.05.